The van der Waals surface area contributed by atoms with Crippen molar-refractivity contribution in [1.29, 1.82) is 0 Å². The number of aromatic nitrogens is 5. The molecule has 2 aliphatic heterocycles. The summed E-state index contributed by atoms with van der Waals surface area (Å²) in [4.78, 5) is 26.4. The predicted molar refractivity (Wildman–Crippen MR) is 95.2 cm³/mol. The Labute approximate surface area is 157 Å². The van der Waals surface area contributed by atoms with Crippen molar-refractivity contribution in [1.82, 2.24) is 29.7 Å². The second-order valence-electron chi connectivity index (χ2n) is 7.29. The van der Waals surface area contributed by atoms with Gasteiger partial charge in [-0.05, 0) is 27.2 Å². The maximum Gasteiger partial charge on any atom is 0.224 e. The molecule has 0 aliphatic carbocycles. The average Bonchev–Trinajstić information content (AvgIpc) is 3.23. The number of amides is 1. The molecule has 2 aromatic heterocycles. The van der Waals surface area contributed by atoms with Crippen LogP contribution in [0.15, 0.2) is 6.20 Å². The molecule has 0 radical (unpaired) electrons. The normalized spacial score (nSPS) is 21.7. The van der Waals surface area contributed by atoms with Gasteiger partial charge in [-0.3, -0.25) is 14.3 Å². The highest BCUT2D eigenvalue weighted by Gasteiger charge is 2.37. The molecule has 0 saturated carbocycles. The highest BCUT2D eigenvalue weighted by molar-refractivity contribution is 5.96. The van der Waals surface area contributed by atoms with Gasteiger partial charge in [-0.25, -0.2) is 4.68 Å². The molecule has 144 valence electrons. The van der Waals surface area contributed by atoms with Crippen molar-refractivity contribution in [3.8, 4) is 0 Å². The van der Waals surface area contributed by atoms with E-state index in [9.17, 15) is 9.59 Å². The molecular weight excluding hydrogens is 348 g/mol. The third kappa shape index (κ3) is 3.16. The molecule has 9 heteroatoms. The molecule has 1 amide bonds. The molecule has 0 spiro atoms. The van der Waals surface area contributed by atoms with Gasteiger partial charge >= 0.3 is 0 Å². The van der Waals surface area contributed by atoms with E-state index in [1.54, 1.807) is 17.8 Å². The van der Waals surface area contributed by atoms with Crippen LogP contribution in [0.1, 0.15) is 53.2 Å². The summed E-state index contributed by atoms with van der Waals surface area (Å²) in [5, 5.41) is 12.6. The number of nitrogens with zero attached hydrogens (tertiary/aromatic N) is 6. The summed E-state index contributed by atoms with van der Waals surface area (Å²) in [5.41, 5.74) is 3.14. The second-order valence-corrected chi connectivity index (χ2v) is 7.29. The highest BCUT2D eigenvalue weighted by atomic mass is 16.5. The van der Waals surface area contributed by atoms with Gasteiger partial charge in [0.1, 0.15) is 0 Å². The Morgan fingerprint density at radius 3 is 2.89 bits per heavy atom. The minimum atomic E-state index is 0.00517. The average molecular weight is 372 g/mol. The quantitative estimate of drug-likeness (QED) is 0.745. The number of rotatable bonds is 4. The minimum Gasteiger partial charge on any atom is -0.370 e. The van der Waals surface area contributed by atoms with E-state index in [4.69, 9.17) is 4.74 Å². The van der Waals surface area contributed by atoms with E-state index in [1.165, 1.54) is 0 Å². The fraction of sp³-hybridized carbons (Fsp3) is 0.611. The van der Waals surface area contributed by atoms with Crippen LogP contribution in [0.2, 0.25) is 0 Å². The van der Waals surface area contributed by atoms with Crippen molar-refractivity contribution in [3.05, 3.63) is 28.8 Å². The maximum absolute atomic E-state index is 12.8. The highest BCUT2D eigenvalue weighted by Crippen LogP contribution is 2.30. The minimum absolute atomic E-state index is 0.00517. The van der Waals surface area contributed by atoms with Crippen molar-refractivity contribution in [2.24, 2.45) is 0 Å². The standard InChI is InChI=1S/C18H24N6O3/c1-11-18(13(3)25)12(2)23(20-11)7-5-17(26)22-6-4-16-15(9-22)24-14(10-27-16)8-19-21-24/h8,15-16H,4-7,9-10H2,1-3H3/t15-,16-/m1/s1. The molecule has 27 heavy (non-hydrogen) atoms. The maximum atomic E-state index is 12.8. The lowest BCUT2D eigenvalue weighted by Gasteiger charge is -2.41. The van der Waals surface area contributed by atoms with Crippen LogP contribution in [0.3, 0.4) is 0 Å². The number of piperidine rings is 1. The van der Waals surface area contributed by atoms with Crippen LogP contribution in [-0.2, 0) is 22.7 Å². The number of fused-ring (bicyclic) bond motifs is 3. The summed E-state index contributed by atoms with van der Waals surface area (Å²) in [7, 11) is 0. The Morgan fingerprint density at radius 2 is 2.15 bits per heavy atom. The second kappa shape index (κ2) is 6.88. The lowest BCUT2D eigenvalue weighted by atomic mass is 10.00. The van der Waals surface area contributed by atoms with Gasteiger partial charge in [-0.15, -0.1) is 5.10 Å². The third-order valence-electron chi connectivity index (χ3n) is 5.55. The zero-order chi connectivity index (χ0) is 19.1. The van der Waals surface area contributed by atoms with Crippen LogP contribution in [-0.4, -0.2) is 60.6 Å². The number of Topliss-reactive ketones (excluding diaryl/α,β-unsaturated/α-hetero) is 1. The molecule has 2 atom stereocenters. The van der Waals surface area contributed by atoms with E-state index in [2.05, 4.69) is 15.4 Å². The first-order valence-electron chi connectivity index (χ1n) is 9.29. The van der Waals surface area contributed by atoms with Crippen molar-refractivity contribution in [2.75, 3.05) is 13.1 Å². The molecule has 4 heterocycles. The molecule has 2 aromatic rings. The number of hydrogen-bond donors (Lipinski definition) is 0. The van der Waals surface area contributed by atoms with Gasteiger partial charge in [-0.2, -0.15) is 5.10 Å². The summed E-state index contributed by atoms with van der Waals surface area (Å²) >= 11 is 0. The number of carbonyl (C=O) groups is 2. The lowest BCUT2D eigenvalue weighted by Crippen LogP contribution is -2.50. The van der Waals surface area contributed by atoms with E-state index in [-0.39, 0.29) is 23.8 Å². The fourth-order valence-corrected chi connectivity index (χ4v) is 4.19. The Hall–Kier alpha value is -2.55. The summed E-state index contributed by atoms with van der Waals surface area (Å²) in [5.74, 6) is 0.0863. The summed E-state index contributed by atoms with van der Waals surface area (Å²) in [6, 6.07) is 0.0203. The monoisotopic (exact) mass is 372 g/mol. The first-order chi connectivity index (χ1) is 13.0. The van der Waals surface area contributed by atoms with Gasteiger partial charge in [0.15, 0.2) is 5.78 Å². The predicted octanol–water partition coefficient (Wildman–Crippen LogP) is 1.06. The number of aryl methyl sites for hydroxylation is 2. The Bertz CT molecular complexity index is 886. The largest absolute Gasteiger partial charge is 0.370 e. The van der Waals surface area contributed by atoms with Gasteiger partial charge in [0.25, 0.3) is 0 Å². The molecular formula is C18H24N6O3. The molecule has 0 bridgehead atoms. The molecule has 1 fully saturated rings. The molecule has 9 nitrogen and oxygen atoms in total. The van der Waals surface area contributed by atoms with Crippen LogP contribution in [0.4, 0.5) is 0 Å². The van der Waals surface area contributed by atoms with Crippen molar-refractivity contribution in [3.63, 3.8) is 0 Å². The van der Waals surface area contributed by atoms with Gasteiger partial charge in [0.2, 0.25) is 5.91 Å². The van der Waals surface area contributed by atoms with Gasteiger partial charge in [0, 0.05) is 31.7 Å². The van der Waals surface area contributed by atoms with E-state index < -0.39 is 0 Å². The van der Waals surface area contributed by atoms with Crippen LogP contribution in [0.5, 0.6) is 0 Å². The molecule has 1 saturated heterocycles. The molecule has 2 aliphatic rings. The lowest BCUT2D eigenvalue weighted by molar-refractivity contribution is -0.138. The summed E-state index contributed by atoms with van der Waals surface area (Å²) in [6.45, 7) is 7.49. The Morgan fingerprint density at radius 1 is 1.33 bits per heavy atom. The smallest absolute Gasteiger partial charge is 0.224 e. The molecule has 0 aromatic carbocycles. The number of carbonyl (C=O) groups excluding carboxylic acids is 2. The van der Waals surface area contributed by atoms with E-state index in [0.717, 1.165) is 17.8 Å². The van der Waals surface area contributed by atoms with E-state index in [1.807, 2.05) is 23.4 Å². The third-order valence-corrected chi connectivity index (χ3v) is 5.55. The van der Waals surface area contributed by atoms with Gasteiger partial charge in [0.05, 0.1) is 41.9 Å². The zero-order valence-electron chi connectivity index (χ0n) is 15.9. The number of likely N-dealkylation sites (tertiary alicyclic amines) is 1. The van der Waals surface area contributed by atoms with Crippen LogP contribution in [0.25, 0.3) is 0 Å². The first-order valence-corrected chi connectivity index (χ1v) is 9.29. The topological polar surface area (TPSA) is 95.1 Å². The number of ketones is 1. The summed E-state index contributed by atoms with van der Waals surface area (Å²) < 4.78 is 9.55. The Balaban J connectivity index is 1.42. The van der Waals surface area contributed by atoms with Crippen LogP contribution < -0.4 is 0 Å². The summed E-state index contributed by atoms with van der Waals surface area (Å²) in [6.07, 6.45) is 2.94. The number of ether oxygens (including phenoxy) is 1. The van der Waals surface area contributed by atoms with Crippen LogP contribution in [0, 0.1) is 13.8 Å². The van der Waals surface area contributed by atoms with Crippen molar-refractivity contribution < 1.29 is 14.3 Å². The molecule has 0 N–H and O–H groups in total. The van der Waals surface area contributed by atoms with Gasteiger partial charge in [-0.1, -0.05) is 5.21 Å². The molecule has 0 unspecified atom stereocenters. The Kier molecular flexibility index (Phi) is 4.55. The zero-order valence-corrected chi connectivity index (χ0v) is 15.9. The molecule has 4 rings (SSSR count). The SMILES string of the molecule is CC(=O)c1c(C)nn(CCC(=O)N2CC[C@H]3OCc4cnnn4[C@@H]3C2)c1C. The van der Waals surface area contributed by atoms with E-state index >= 15 is 0 Å². The number of hydrogen-bond acceptors (Lipinski definition) is 6. The van der Waals surface area contributed by atoms with Crippen molar-refractivity contribution >= 4 is 11.7 Å². The fourth-order valence-electron chi connectivity index (χ4n) is 4.19. The van der Waals surface area contributed by atoms with Crippen molar-refractivity contribution in [2.45, 2.75) is 58.9 Å². The first kappa shape index (κ1) is 17.8. The van der Waals surface area contributed by atoms with Gasteiger partial charge < -0.3 is 9.64 Å². The van der Waals surface area contributed by atoms with E-state index in [0.29, 0.717) is 43.9 Å². The van der Waals surface area contributed by atoms with Crippen LogP contribution >= 0.6 is 0 Å².